The first kappa shape index (κ1) is 8.44. The molecule has 0 aliphatic rings. The third kappa shape index (κ3) is 2.47. The Labute approximate surface area is 66.1 Å². The number of carbonyl (C=O) groups is 1. The van der Waals surface area contributed by atoms with Crippen molar-refractivity contribution < 1.29 is 24.3 Å². The molecule has 0 amide bonds. The molecule has 2 nitrogen and oxygen atoms in total. The van der Waals surface area contributed by atoms with Crippen LogP contribution in [0, 0.1) is 0 Å². The summed E-state index contributed by atoms with van der Waals surface area (Å²) in [5.41, 5.74) is 0.479. The Balaban J connectivity index is 0.000000640. The van der Waals surface area contributed by atoms with Crippen LogP contribution in [0.15, 0.2) is 24.4 Å². The van der Waals surface area contributed by atoms with Crippen LogP contribution in [0.2, 0.25) is 0 Å². The van der Waals surface area contributed by atoms with Gasteiger partial charge in [-0.1, -0.05) is 6.07 Å². The first-order chi connectivity index (χ1) is 3.93. The molecular weight excluding hydrogens is 167 g/mol. The molecule has 1 aromatic rings. The Bertz CT molecular complexity index is 176. The fourth-order valence-corrected chi connectivity index (χ4v) is 0.446. The molecule has 0 saturated heterocycles. The number of aromatic nitrogens is 1. The fourth-order valence-electron chi connectivity index (χ4n) is 0.446. The minimum atomic E-state index is 0. The second-order valence-corrected chi connectivity index (χ2v) is 1.37. The molecule has 0 aliphatic heterocycles. The van der Waals surface area contributed by atoms with Crippen molar-refractivity contribution in [3.8, 4) is 0 Å². The summed E-state index contributed by atoms with van der Waals surface area (Å²) in [5, 5.41) is 0. The summed E-state index contributed by atoms with van der Waals surface area (Å²) < 4.78 is 0. The van der Waals surface area contributed by atoms with Crippen LogP contribution in [0.1, 0.15) is 10.5 Å². The van der Waals surface area contributed by atoms with Crippen molar-refractivity contribution in [3.05, 3.63) is 30.1 Å². The molecule has 0 aliphatic carbocycles. The van der Waals surface area contributed by atoms with Gasteiger partial charge in [0.2, 0.25) is 0 Å². The van der Waals surface area contributed by atoms with Crippen LogP contribution in [0.4, 0.5) is 0 Å². The minimum absolute atomic E-state index is 0. The molecule has 0 N–H and O–H groups in total. The van der Waals surface area contributed by atoms with E-state index in [-0.39, 0.29) is 19.5 Å². The largest absolute Gasteiger partial charge is 0.296 e. The van der Waals surface area contributed by atoms with E-state index in [0.717, 1.165) is 6.29 Å². The second-order valence-electron chi connectivity index (χ2n) is 1.37. The summed E-state index contributed by atoms with van der Waals surface area (Å²) in [7, 11) is 0. The van der Waals surface area contributed by atoms with E-state index < -0.39 is 0 Å². The van der Waals surface area contributed by atoms with Crippen LogP contribution in [0.25, 0.3) is 0 Å². The standard InChI is InChI=1S/C6H5NO.Zn/c8-5-6-3-1-2-4-7-6;/h1-5H;. The van der Waals surface area contributed by atoms with Crippen molar-refractivity contribution in [3.63, 3.8) is 0 Å². The Morgan fingerprint density at radius 1 is 1.44 bits per heavy atom. The molecule has 1 heterocycles. The summed E-state index contributed by atoms with van der Waals surface area (Å²) in [5.74, 6) is 0. The maximum atomic E-state index is 9.94. The maximum absolute atomic E-state index is 9.94. The zero-order valence-electron chi connectivity index (χ0n) is 4.95. The van der Waals surface area contributed by atoms with Gasteiger partial charge in [0.05, 0.1) is 0 Å². The van der Waals surface area contributed by atoms with Crippen molar-refractivity contribution in [1.82, 2.24) is 4.98 Å². The molecule has 9 heavy (non-hydrogen) atoms. The third-order valence-corrected chi connectivity index (χ3v) is 0.809. The number of aldehydes is 1. The smallest absolute Gasteiger partial charge is 0.168 e. The van der Waals surface area contributed by atoms with E-state index in [4.69, 9.17) is 0 Å². The molecule has 0 unspecified atom stereocenters. The zero-order valence-corrected chi connectivity index (χ0v) is 7.92. The van der Waals surface area contributed by atoms with Gasteiger partial charge in [-0.3, -0.25) is 9.78 Å². The quantitative estimate of drug-likeness (QED) is 0.465. The van der Waals surface area contributed by atoms with Crippen LogP contribution < -0.4 is 0 Å². The molecule has 0 bridgehead atoms. The van der Waals surface area contributed by atoms with E-state index in [1.807, 2.05) is 0 Å². The van der Waals surface area contributed by atoms with Gasteiger partial charge in [0.1, 0.15) is 5.69 Å². The molecule has 0 fully saturated rings. The molecule has 0 atom stereocenters. The first-order valence-corrected chi connectivity index (χ1v) is 2.29. The molecule has 0 saturated carbocycles. The number of hydrogen-bond donors (Lipinski definition) is 0. The van der Waals surface area contributed by atoms with Crippen molar-refractivity contribution in [2.75, 3.05) is 0 Å². The van der Waals surface area contributed by atoms with E-state index >= 15 is 0 Å². The van der Waals surface area contributed by atoms with Gasteiger partial charge < -0.3 is 0 Å². The molecule has 0 aromatic carbocycles. The summed E-state index contributed by atoms with van der Waals surface area (Å²) in [6.07, 6.45) is 2.31. The van der Waals surface area contributed by atoms with E-state index in [0.29, 0.717) is 5.69 Å². The predicted octanol–water partition coefficient (Wildman–Crippen LogP) is 0.892. The van der Waals surface area contributed by atoms with Gasteiger partial charge in [0, 0.05) is 25.7 Å². The van der Waals surface area contributed by atoms with Gasteiger partial charge in [0.25, 0.3) is 0 Å². The molecule has 1 aromatic heterocycles. The van der Waals surface area contributed by atoms with E-state index in [1.165, 1.54) is 0 Å². The number of pyridine rings is 1. The topological polar surface area (TPSA) is 30.0 Å². The third-order valence-electron chi connectivity index (χ3n) is 0.809. The van der Waals surface area contributed by atoms with Crippen LogP contribution >= 0.6 is 0 Å². The summed E-state index contributed by atoms with van der Waals surface area (Å²) in [4.78, 5) is 13.7. The Morgan fingerprint density at radius 3 is 2.56 bits per heavy atom. The van der Waals surface area contributed by atoms with Crippen molar-refractivity contribution in [2.45, 2.75) is 0 Å². The fraction of sp³-hybridized carbons (Fsp3) is 0. The van der Waals surface area contributed by atoms with Crippen LogP contribution in [-0.4, -0.2) is 11.3 Å². The Kier molecular flexibility index (Phi) is 4.07. The zero-order chi connectivity index (χ0) is 5.82. The monoisotopic (exact) mass is 171 g/mol. The van der Waals surface area contributed by atoms with Crippen molar-refractivity contribution in [2.24, 2.45) is 0 Å². The SMILES string of the molecule is O=Cc1ccccn1.[Zn]. The van der Waals surface area contributed by atoms with Gasteiger partial charge in [-0.05, 0) is 12.1 Å². The van der Waals surface area contributed by atoms with E-state index in [1.54, 1.807) is 24.4 Å². The molecule has 42 valence electrons. The van der Waals surface area contributed by atoms with Gasteiger partial charge in [-0.2, -0.15) is 0 Å². The summed E-state index contributed by atoms with van der Waals surface area (Å²) >= 11 is 0. The van der Waals surface area contributed by atoms with Gasteiger partial charge >= 0.3 is 0 Å². The minimum Gasteiger partial charge on any atom is -0.296 e. The van der Waals surface area contributed by atoms with Crippen LogP contribution in [0.3, 0.4) is 0 Å². The summed E-state index contributed by atoms with van der Waals surface area (Å²) in [6, 6.07) is 5.21. The second kappa shape index (κ2) is 4.33. The molecular formula is C6H5NOZn. The Hall–Kier alpha value is -0.557. The number of rotatable bonds is 1. The Morgan fingerprint density at radius 2 is 2.22 bits per heavy atom. The molecule has 0 radical (unpaired) electrons. The predicted molar refractivity (Wildman–Crippen MR) is 29.6 cm³/mol. The van der Waals surface area contributed by atoms with E-state index in [9.17, 15) is 4.79 Å². The van der Waals surface area contributed by atoms with Crippen LogP contribution in [-0.2, 0) is 19.5 Å². The van der Waals surface area contributed by atoms with Gasteiger partial charge in [-0.15, -0.1) is 0 Å². The van der Waals surface area contributed by atoms with Gasteiger partial charge in [-0.25, -0.2) is 0 Å². The van der Waals surface area contributed by atoms with E-state index in [2.05, 4.69) is 4.98 Å². The average molecular weight is 173 g/mol. The molecule has 1 rings (SSSR count). The maximum Gasteiger partial charge on any atom is 0.168 e. The molecule has 0 spiro atoms. The number of carbonyl (C=O) groups excluding carboxylic acids is 1. The number of nitrogens with zero attached hydrogens (tertiary/aromatic N) is 1. The van der Waals surface area contributed by atoms with Gasteiger partial charge in [0.15, 0.2) is 6.29 Å². The van der Waals surface area contributed by atoms with Crippen molar-refractivity contribution in [1.29, 1.82) is 0 Å². The van der Waals surface area contributed by atoms with Crippen molar-refractivity contribution >= 4 is 6.29 Å². The molecule has 3 heteroatoms. The number of hydrogen-bond acceptors (Lipinski definition) is 2. The average Bonchev–Trinajstić information content (AvgIpc) is 1.90. The summed E-state index contributed by atoms with van der Waals surface area (Å²) in [6.45, 7) is 0. The van der Waals surface area contributed by atoms with Crippen LogP contribution in [0.5, 0.6) is 0 Å². The normalized spacial score (nSPS) is 7.56. The first-order valence-electron chi connectivity index (χ1n) is 2.29.